The van der Waals surface area contributed by atoms with Gasteiger partial charge in [0.1, 0.15) is 11.6 Å². The normalized spacial score (nSPS) is 12.8. The first-order chi connectivity index (χ1) is 11.6. The van der Waals surface area contributed by atoms with E-state index in [1.165, 1.54) is 0 Å². The highest BCUT2D eigenvalue weighted by Crippen LogP contribution is 2.25. The Balaban J connectivity index is 0.00000225. The zero-order valence-electron chi connectivity index (χ0n) is 14.3. The molecule has 0 saturated carbocycles. The van der Waals surface area contributed by atoms with E-state index in [4.69, 9.17) is 4.74 Å². The van der Waals surface area contributed by atoms with Gasteiger partial charge in [-0.05, 0) is 55.1 Å². The summed E-state index contributed by atoms with van der Waals surface area (Å²) in [4.78, 5) is 12.1. The van der Waals surface area contributed by atoms with Gasteiger partial charge in [0, 0.05) is 6.54 Å². The van der Waals surface area contributed by atoms with Gasteiger partial charge >= 0.3 is 0 Å². The number of nitrogens with one attached hydrogen (secondary N) is 2. The maximum Gasteiger partial charge on any atom is 0.262 e. The lowest BCUT2D eigenvalue weighted by molar-refractivity contribution is -0.118. The SMILES string of the molecule is Cc1cccc(C)c1OCC(=O)Nc1ccc2c(c1F)CCNC2.Cl. The van der Waals surface area contributed by atoms with Crippen LogP contribution in [0.25, 0.3) is 0 Å². The standard InChI is InChI=1S/C19H21FN2O2.ClH/c1-12-4-3-5-13(2)19(12)24-11-17(23)22-16-7-6-14-10-21-9-8-15(14)18(16)20;/h3-7,21H,8-11H2,1-2H3,(H,22,23);1H. The van der Waals surface area contributed by atoms with Crippen molar-refractivity contribution in [1.82, 2.24) is 5.32 Å². The Labute approximate surface area is 153 Å². The minimum absolute atomic E-state index is 0. The van der Waals surface area contributed by atoms with E-state index in [2.05, 4.69) is 10.6 Å². The van der Waals surface area contributed by atoms with Crippen LogP contribution >= 0.6 is 12.4 Å². The molecule has 1 aliphatic rings. The number of hydrogen-bond acceptors (Lipinski definition) is 3. The summed E-state index contributed by atoms with van der Waals surface area (Å²) in [6, 6.07) is 9.26. The molecule has 4 nitrogen and oxygen atoms in total. The van der Waals surface area contributed by atoms with Crippen LogP contribution in [0.15, 0.2) is 30.3 Å². The maximum absolute atomic E-state index is 14.5. The lowest BCUT2D eigenvalue weighted by atomic mass is 9.99. The van der Waals surface area contributed by atoms with E-state index in [0.29, 0.717) is 24.3 Å². The molecule has 1 aliphatic heterocycles. The first-order valence-corrected chi connectivity index (χ1v) is 8.06. The average molecular weight is 365 g/mol. The number of rotatable bonds is 4. The predicted molar refractivity (Wildman–Crippen MR) is 99.1 cm³/mol. The number of amides is 1. The Kier molecular flexibility index (Phi) is 6.39. The fourth-order valence-electron chi connectivity index (χ4n) is 2.98. The summed E-state index contributed by atoms with van der Waals surface area (Å²) < 4.78 is 20.1. The molecule has 6 heteroatoms. The van der Waals surface area contributed by atoms with Gasteiger partial charge in [-0.15, -0.1) is 12.4 Å². The van der Waals surface area contributed by atoms with E-state index >= 15 is 0 Å². The molecule has 2 aromatic rings. The third-order valence-corrected chi connectivity index (χ3v) is 4.24. The highest BCUT2D eigenvalue weighted by molar-refractivity contribution is 5.92. The van der Waals surface area contributed by atoms with Crippen molar-refractivity contribution in [3.05, 3.63) is 58.4 Å². The number of aryl methyl sites for hydroxylation is 2. The molecule has 2 aromatic carbocycles. The summed E-state index contributed by atoms with van der Waals surface area (Å²) in [7, 11) is 0. The molecule has 134 valence electrons. The number of ether oxygens (including phenoxy) is 1. The van der Waals surface area contributed by atoms with Crippen LogP contribution in [0.4, 0.5) is 10.1 Å². The second-order valence-corrected chi connectivity index (χ2v) is 6.05. The molecule has 1 amide bonds. The molecule has 0 atom stereocenters. The Hall–Kier alpha value is -2.11. The van der Waals surface area contributed by atoms with Crippen molar-refractivity contribution in [2.75, 3.05) is 18.5 Å². The summed E-state index contributed by atoms with van der Waals surface area (Å²) in [6.45, 7) is 5.12. The molecule has 1 heterocycles. The van der Waals surface area contributed by atoms with Crippen molar-refractivity contribution in [3.63, 3.8) is 0 Å². The van der Waals surface area contributed by atoms with Crippen LogP contribution in [-0.4, -0.2) is 19.1 Å². The molecule has 0 saturated heterocycles. The van der Waals surface area contributed by atoms with Gasteiger partial charge in [0.15, 0.2) is 6.61 Å². The number of hydrogen-bond donors (Lipinski definition) is 2. The number of benzene rings is 2. The molecular weight excluding hydrogens is 343 g/mol. The number of anilines is 1. The molecule has 0 unspecified atom stereocenters. The van der Waals surface area contributed by atoms with Crippen LogP contribution in [0.1, 0.15) is 22.3 Å². The smallest absolute Gasteiger partial charge is 0.262 e. The van der Waals surface area contributed by atoms with E-state index < -0.39 is 0 Å². The molecule has 3 rings (SSSR count). The van der Waals surface area contributed by atoms with E-state index in [9.17, 15) is 9.18 Å². The monoisotopic (exact) mass is 364 g/mol. The molecule has 0 aliphatic carbocycles. The number of para-hydroxylation sites is 1. The van der Waals surface area contributed by atoms with E-state index in [1.54, 1.807) is 6.07 Å². The average Bonchev–Trinajstić information content (AvgIpc) is 2.57. The van der Waals surface area contributed by atoms with E-state index in [1.807, 2.05) is 38.1 Å². The molecule has 2 N–H and O–H groups in total. The lowest BCUT2D eigenvalue weighted by Crippen LogP contribution is -2.26. The van der Waals surface area contributed by atoms with Crippen LogP contribution in [0.3, 0.4) is 0 Å². The third kappa shape index (κ3) is 4.30. The van der Waals surface area contributed by atoms with Gasteiger partial charge in [-0.3, -0.25) is 4.79 Å². The highest BCUT2D eigenvalue weighted by Gasteiger charge is 2.17. The molecule has 0 spiro atoms. The zero-order valence-corrected chi connectivity index (χ0v) is 15.1. The van der Waals surface area contributed by atoms with Crippen molar-refractivity contribution < 1.29 is 13.9 Å². The summed E-state index contributed by atoms with van der Waals surface area (Å²) in [6.07, 6.45) is 0.629. The molecule has 0 bridgehead atoms. The Morgan fingerprint density at radius 2 is 1.96 bits per heavy atom. The van der Waals surface area contributed by atoms with Crippen molar-refractivity contribution in [2.24, 2.45) is 0 Å². The number of carbonyl (C=O) groups excluding carboxylic acids is 1. The summed E-state index contributed by atoms with van der Waals surface area (Å²) in [5.74, 6) is -0.00973. The number of halogens is 2. The van der Waals surface area contributed by atoms with Gasteiger partial charge in [0.2, 0.25) is 0 Å². The van der Waals surface area contributed by atoms with E-state index in [0.717, 1.165) is 23.2 Å². The van der Waals surface area contributed by atoms with Crippen molar-refractivity contribution in [2.45, 2.75) is 26.8 Å². The van der Waals surface area contributed by atoms with Crippen molar-refractivity contribution >= 4 is 24.0 Å². The molecule has 0 aromatic heterocycles. The molecule has 0 fully saturated rings. The summed E-state index contributed by atoms with van der Waals surface area (Å²) in [5, 5.41) is 5.81. The van der Waals surface area contributed by atoms with Gasteiger partial charge in [-0.2, -0.15) is 0 Å². The zero-order chi connectivity index (χ0) is 17.1. The van der Waals surface area contributed by atoms with Crippen LogP contribution in [0.5, 0.6) is 5.75 Å². The molecule has 25 heavy (non-hydrogen) atoms. The topological polar surface area (TPSA) is 50.4 Å². The Bertz CT molecular complexity index is 760. The minimum atomic E-state index is -0.370. The van der Waals surface area contributed by atoms with Crippen LogP contribution in [0, 0.1) is 19.7 Å². The highest BCUT2D eigenvalue weighted by atomic mass is 35.5. The van der Waals surface area contributed by atoms with Crippen molar-refractivity contribution in [1.29, 1.82) is 0 Å². The van der Waals surface area contributed by atoms with Gasteiger partial charge in [-0.25, -0.2) is 4.39 Å². The summed E-state index contributed by atoms with van der Waals surface area (Å²) in [5.41, 5.74) is 3.78. The molecule has 0 radical (unpaired) electrons. The fourth-order valence-corrected chi connectivity index (χ4v) is 2.98. The second-order valence-electron chi connectivity index (χ2n) is 6.05. The van der Waals surface area contributed by atoms with Crippen LogP contribution < -0.4 is 15.4 Å². The van der Waals surface area contributed by atoms with Gasteiger partial charge < -0.3 is 15.4 Å². The van der Waals surface area contributed by atoms with E-state index in [-0.39, 0.29) is 36.4 Å². The number of fused-ring (bicyclic) bond motifs is 1. The van der Waals surface area contributed by atoms with Gasteiger partial charge in [0.05, 0.1) is 5.69 Å². The molecular formula is C19H22ClFN2O2. The van der Waals surface area contributed by atoms with Crippen LogP contribution in [-0.2, 0) is 17.8 Å². The largest absolute Gasteiger partial charge is 0.483 e. The Morgan fingerprint density at radius 3 is 2.68 bits per heavy atom. The fraction of sp³-hybridized carbons (Fsp3) is 0.316. The van der Waals surface area contributed by atoms with Gasteiger partial charge in [-0.1, -0.05) is 24.3 Å². The predicted octanol–water partition coefficient (Wildman–Crippen LogP) is 3.53. The number of carbonyl (C=O) groups is 1. The van der Waals surface area contributed by atoms with Gasteiger partial charge in [0.25, 0.3) is 5.91 Å². The first-order valence-electron chi connectivity index (χ1n) is 8.06. The van der Waals surface area contributed by atoms with Crippen molar-refractivity contribution in [3.8, 4) is 5.75 Å². The second kappa shape index (κ2) is 8.32. The maximum atomic E-state index is 14.5. The van der Waals surface area contributed by atoms with Crippen LogP contribution in [0.2, 0.25) is 0 Å². The minimum Gasteiger partial charge on any atom is -0.483 e. The lowest BCUT2D eigenvalue weighted by Gasteiger charge is -2.19. The third-order valence-electron chi connectivity index (χ3n) is 4.24. The first kappa shape index (κ1) is 19.2. The summed E-state index contributed by atoms with van der Waals surface area (Å²) >= 11 is 0. The Morgan fingerprint density at radius 1 is 1.24 bits per heavy atom. The quantitative estimate of drug-likeness (QED) is 0.872.